The Morgan fingerprint density at radius 3 is 3.00 bits per heavy atom. The molecule has 0 aliphatic carbocycles. The smallest absolute Gasteiger partial charge is 0.207 e. The molecule has 21 heavy (non-hydrogen) atoms. The lowest BCUT2D eigenvalue weighted by Crippen LogP contribution is -2.47. The molecule has 1 unspecified atom stereocenters. The number of rotatable bonds is 6. The van der Waals surface area contributed by atoms with Crippen LogP contribution in [0.15, 0.2) is 6.07 Å². The van der Waals surface area contributed by atoms with E-state index in [1.54, 1.807) is 0 Å². The number of nitrogens with one attached hydrogen (secondary N) is 1. The van der Waals surface area contributed by atoms with Crippen LogP contribution in [0.3, 0.4) is 0 Å². The van der Waals surface area contributed by atoms with Gasteiger partial charge in [-0.1, -0.05) is 0 Å². The summed E-state index contributed by atoms with van der Waals surface area (Å²) in [7, 11) is 4.09. The third kappa shape index (κ3) is 4.37. The Morgan fingerprint density at radius 2 is 2.33 bits per heavy atom. The molecule has 0 bridgehead atoms. The summed E-state index contributed by atoms with van der Waals surface area (Å²) in [5, 5.41) is 11.1. The van der Waals surface area contributed by atoms with Crippen LogP contribution in [-0.2, 0) is 16.1 Å². The SMILES string of the molecule is Cc1cc(CNC=O)nnc1N1CCOC(CN(C)C)C1. The number of anilines is 1. The first kappa shape index (κ1) is 15.7. The van der Waals surface area contributed by atoms with E-state index in [0.29, 0.717) is 19.6 Å². The molecule has 0 radical (unpaired) electrons. The maximum Gasteiger partial charge on any atom is 0.207 e. The van der Waals surface area contributed by atoms with Gasteiger partial charge in [0, 0.05) is 19.6 Å². The first-order valence-electron chi connectivity index (χ1n) is 7.11. The monoisotopic (exact) mass is 293 g/mol. The average molecular weight is 293 g/mol. The van der Waals surface area contributed by atoms with Crippen molar-refractivity contribution in [3.8, 4) is 0 Å². The molecule has 0 saturated carbocycles. The van der Waals surface area contributed by atoms with Gasteiger partial charge in [0.05, 0.1) is 24.9 Å². The van der Waals surface area contributed by atoms with Gasteiger partial charge in [0.2, 0.25) is 6.41 Å². The van der Waals surface area contributed by atoms with Crippen LogP contribution in [0.1, 0.15) is 11.3 Å². The maximum atomic E-state index is 10.3. The number of carbonyl (C=O) groups excluding carboxylic acids is 1. The minimum atomic E-state index is 0.186. The number of nitrogens with zero attached hydrogens (tertiary/aromatic N) is 4. The molecule has 1 atom stereocenters. The molecular formula is C14H23N5O2. The van der Waals surface area contributed by atoms with Crippen molar-refractivity contribution in [3.05, 3.63) is 17.3 Å². The van der Waals surface area contributed by atoms with Crippen molar-refractivity contribution in [2.45, 2.75) is 19.6 Å². The highest BCUT2D eigenvalue weighted by Crippen LogP contribution is 2.19. The second-order valence-electron chi connectivity index (χ2n) is 5.54. The van der Waals surface area contributed by atoms with Crippen LogP contribution in [0.4, 0.5) is 5.82 Å². The number of likely N-dealkylation sites (N-methyl/N-ethyl adjacent to an activating group) is 1. The Morgan fingerprint density at radius 1 is 1.52 bits per heavy atom. The lowest BCUT2D eigenvalue weighted by atomic mass is 10.2. The van der Waals surface area contributed by atoms with Crippen LogP contribution >= 0.6 is 0 Å². The average Bonchev–Trinajstić information content (AvgIpc) is 2.44. The molecule has 1 aliphatic heterocycles. The Labute approximate surface area is 125 Å². The van der Waals surface area contributed by atoms with Gasteiger partial charge in [-0.3, -0.25) is 4.79 Å². The van der Waals surface area contributed by atoms with E-state index in [0.717, 1.165) is 36.7 Å². The predicted molar refractivity (Wildman–Crippen MR) is 80.2 cm³/mol. The summed E-state index contributed by atoms with van der Waals surface area (Å²) in [5.74, 6) is 0.900. The van der Waals surface area contributed by atoms with Gasteiger partial charge in [-0.05, 0) is 32.6 Å². The van der Waals surface area contributed by atoms with Crippen molar-refractivity contribution in [2.24, 2.45) is 0 Å². The second-order valence-corrected chi connectivity index (χ2v) is 5.54. The first-order chi connectivity index (χ1) is 10.1. The topological polar surface area (TPSA) is 70.6 Å². The molecule has 116 valence electrons. The Bertz CT molecular complexity index is 480. The second kappa shape index (κ2) is 7.33. The number of hydrogen-bond acceptors (Lipinski definition) is 6. The molecule has 1 amide bonds. The molecule has 1 aromatic heterocycles. The largest absolute Gasteiger partial charge is 0.373 e. The summed E-state index contributed by atoms with van der Waals surface area (Å²) in [6.07, 6.45) is 0.852. The van der Waals surface area contributed by atoms with Crippen LogP contribution in [0.25, 0.3) is 0 Å². The summed E-state index contributed by atoms with van der Waals surface area (Å²) in [5.41, 5.74) is 1.83. The van der Waals surface area contributed by atoms with Crippen molar-refractivity contribution in [1.29, 1.82) is 0 Å². The quantitative estimate of drug-likeness (QED) is 0.732. The fourth-order valence-corrected chi connectivity index (χ4v) is 2.51. The van der Waals surface area contributed by atoms with Crippen LogP contribution < -0.4 is 10.2 Å². The van der Waals surface area contributed by atoms with Gasteiger partial charge in [0.1, 0.15) is 0 Å². The van der Waals surface area contributed by atoms with E-state index in [1.165, 1.54) is 0 Å². The van der Waals surface area contributed by atoms with Gasteiger partial charge in [-0.15, -0.1) is 5.10 Å². The molecule has 0 spiro atoms. The summed E-state index contributed by atoms with van der Waals surface area (Å²) in [6.45, 7) is 5.66. The summed E-state index contributed by atoms with van der Waals surface area (Å²) >= 11 is 0. The highest BCUT2D eigenvalue weighted by atomic mass is 16.5. The zero-order chi connectivity index (χ0) is 15.2. The van der Waals surface area contributed by atoms with E-state index in [9.17, 15) is 4.79 Å². The minimum Gasteiger partial charge on any atom is -0.373 e. The lowest BCUT2D eigenvalue weighted by molar-refractivity contribution is -0.109. The van der Waals surface area contributed by atoms with Crippen LogP contribution in [-0.4, -0.2) is 67.9 Å². The van der Waals surface area contributed by atoms with E-state index in [2.05, 4.69) is 25.3 Å². The Balaban J connectivity index is 2.04. The summed E-state index contributed by atoms with van der Waals surface area (Å²) in [6, 6.07) is 1.97. The van der Waals surface area contributed by atoms with Gasteiger partial charge in [-0.2, -0.15) is 5.10 Å². The number of aryl methyl sites for hydroxylation is 1. The molecule has 1 fully saturated rings. The van der Waals surface area contributed by atoms with Crippen molar-refractivity contribution < 1.29 is 9.53 Å². The summed E-state index contributed by atoms with van der Waals surface area (Å²) < 4.78 is 5.78. The zero-order valence-corrected chi connectivity index (χ0v) is 12.9. The Hall–Kier alpha value is -1.73. The number of carbonyl (C=O) groups is 1. The van der Waals surface area contributed by atoms with Crippen molar-refractivity contribution in [3.63, 3.8) is 0 Å². The number of hydrogen-bond donors (Lipinski definition) is 1. The molecule has 2 heterocycles. The van der Waals surface area contributed by atoms with Gasteiger partial charge < -0.3 is 19.9 Å². The number of morpholine rings is 1. The van der Waals surface area contributed by atoms with Gasteiger partial charge in [-0.25, -0.2) is 0 Å². The first-order valence-corrected chi connectivity index (χ1v) is 7.11. The van der Waals surface area contributed by atoms with Crippen LogP contribution in [0.5, 0.6) is 0 Å². The molecule has 1 aliphatic rings. The minimum absolute atomic E-state index is 0.186. The third-order valence-corrected chi connectivity index (χ3v) is 3.38. The van der Waals surface area contributed by atoms with E-state index < -0.39 is 0 Å². The fraction of sp³-hybridized carbons (Fsp3) is 0.643. The lowest BCUT2D eigenvalue weighted by Gasteiger charge is -2.35. The molecule has 7 heteroatoms. The molecule has 7 nitrogen and oxygen atoms in total. The van der Waals surface area contributed by atoms with Crippen molar-refractivity contribution in [1.82, 2.24) is 20.4 Å². The van der Waals surface area contributed by atoms with E-state index >= 15 is 0 Å². The van der Waals surface area contributed by atoms with Crippen LogP contribution in [0.2, 0.25) is 0 Å². The molecule has 2 rings (SSSR count). The molecular weight excluding hydrogens is 270 g/mol. The molecule has 1 N–H and O–H groups in total. The highest BCUT2D eigenvalue weighted by molar-refractivity contribution is 5.48. The zero-order valence-electron chi connectivity index (χ0n) is 12.9. The van der Waals surface area contributed by atoms with Gasteiger partial charge >= 0.3 is 0 Å². The predicted octanol–water partition coefficient (Wildman–Crippen LogP) is -0.202. The molecule has 0 aromatic carbocycles. The van der Waals surface area contributed by atoms with Crippen LogP contribution in [0, 0.1) is 6.92 Å². The molecule has 1 aromatic rings. The van der Waals surface area contributed by atoms with E-state index in [1.807, 2.05) is 27.1 Å². The standard InChI is InChI=1S/C14H23N5O2/c1-11-6-12(7-15-10-20)16-17-14(11)19-4-5-21-13(9-19)8-18(2)3/h6,10,13H,4-5,7-9H2,1-3H3,(H,15,20). The number of aromatic nitrogens is 2. The maximum absolute atomic E-state index is 10.3. The summed E-state index contributed by atoms with van der Waals surface area (Å²) in [4.78, 5) is 14.7. The van der Waals surface area contributed by atoms with Crippen molar-refractivity contribution >= 4 is 12.2 Å². The van der Waals surface area contributed by atoms with Gasteiger partial charge in [0.15, 0.2) is 5.82 Å². The Kier molecular flexibility index (Phi) is 5.46. The van der Waals surface area contributed by atoms with Crippen molar-refractivity contribution in [2.75, 3.05) is 45.2 Å². The number of amides is 1. The van der Waals surface area contributed by atoms with Gasteiger partial charge in [0.25, 0.3) is 0 Å². The fourth-order valence-electron chi connectivity index (χ4n) is 2.51. The van der Waals surface area contributed by atoms with E-state index in [-0.39, 0.29) is 6.10 Å². The van der Waals surface area contributed by atoms with E-state index in [4.69, 9.17) is 4.74 Å². The molecule has 1 saturated heterocycles. The number of ether oxygens (including phenoxy) is 1. The normalized spacial score (nSPS) is 18.9. The third-order valence-electron chi connectivity index (χ3n) is 3.38. The highest BCUT2D eigenvalue weighted by Gasteiger charge is 2.23.